The van der Waals surface area contributed by atoms with Crippen molar-refractivity contribution in [3.63, 3.8) is 0 Å². The Morgan fingerprint density at radius 3 is 2.72 bits per heavy atom. The summed E-state index contributed by atoms with van der Waals surface area (Å²) in [6.45, 7) is 0.510. The van der Waals surface area contributed by atoms with Gasteiger partial charge in [-0.25, -0.2) is 9.59 Å². The van der Waals surface area contributed by atoms with Crippen molar-refractivity contribution < 1.29 is 28.6 Å². The molecule has 9 nitrogen and oxygen atoms in total. The molecule has 1 rings (SSSR count). The van der Waals surface area contributed by atoms with E-state index in [-0.39, 0.29) is 6.01 Å². The lowest BCUT2D eigenvalue weighted by atomic mass is 10.6. The number of anilines is 1. The van der Waals surface area contributed by atoms with Crippen molar-refractivity contribution in [1.82, 2.24) is 10.3 Å². The maximum absolute atomic E-state index is 11.2. The molecule has 0 unspecified atom stereocenters. The minimum Gasteiger partial charge on any atom is -0.480 e. The number of rotatable bonds is 5. The molecule has 18 heavy (non-hydrogen) atoms. The Hall–Kier alpha value is -2.42. The number of carboxylic acid groups (broad SMARTS) is 1. The third kappa shape index (κ3) is 5.07. The van der Waals surface area contributed by atoms with Crippen LogP contribution in [0.5, 0.6) is 0 Å². The highest BCUT2D eigenvalue weighted by atomic mass is 16.5. The molecule has 3 amide bonds. The fraction of sp³-hybridized carbons (Fsp3) is 0.333. The summed E-state index contributed by atoms with van der Waals surface area (Å²) >= 11 is 0. The summed E-state index contributed by atoms with van der Waals surface area (Å²) in [5.74, 6) is -1.99. The molecule has 1 heterocycles. The van der Waals surface area contributed by atoms with Crippen molar-refractivity contribution in [2.45, 2.75) is 6.92 Å². The minimum atomic E-state index is -1.21. The molecule has 0 atom stereocenters. The predicted molar refractivity (Wildman–Crippen MR) is 56.9 cm³/mol. The number of nitrogens with one attached hydrogen (secondary N) is 2. The van der Waals surface area contributed by atoms with E-state index in [1.807, 2.05) is 5.32 Å². The number of carbonyl (C=O) groups excluding carboxylic acids is 2. The first-order chi connectivity index (χ1) is 8.47. The molecule has 0 aliphatic rings. The number of carbonyl (C=O) groups is 3. The minimum absolute atomic E-state index is 0.0516. The van der Waals surface area contributed by atoms with Gasteiger partial charge in [-0.1, -0.05) is 0 Å². The van der Waals surface area contributed by atoms with Crippen molar-refractivity contribution >= 4 is 23.9 Å². The summed E-state index contributed by atoms with van der Waals surface area (Å²) in [5.41, 5.74) is 0.571. The van der Waals surface area contributed by atoms with E-state index in [0.29, 0.717) is 5.69 Å². The fourth-order valence-electron chi connectivity index (χ4n) is 0.934. The number of aliphatic carboxylic acids is 1. The molecular weight excluding hydrogens is 246 g/mol. The summed E-state index contributed by atoms with van der Waals surface area (Å²) < 4.78 is 9.31. The van der Waals surface area contributed by atoms with Crippen LogP contribution in [0.2, 0.25) is 0 Å². The highest BCUT2D eigenvalue weighted by Gasteiger charge is 2.11. The van der Waals surface area contributed by atoms with E-state index in [1.165, 1.54) is 6.26 Å². The van der Waals surface area contributed by atoms with Crippen LogP contribution < -0.4 is 10.6 Å². The monoisotopic (exact) mass is 257 g/mol. The topological polar surface area (TPSA) is 131 Å². The maximum atomic E-state index is 11.2. The number of hydrogen-bond acceptors (Lipinski definition) is 6. The average molecular weight is 257 g/mol. The molecule has 0 fully saturated rings. The van der Waals surface area contributed by atoms with E-state index in [1.54, 1.807) is 6.92 Å². The molecular formula is C9H11N3O6. The van der Waals surface area contributed by atoms with Gasteiger partial charge < -0.3 is 14.3 Å². The van der Waals surface area contributed by atoms with Gasteiger partial charge in [0.2, 0.25) is 0 Å². The molecule has 1 aromatic rings. The molecule has 1 aromatic heterocycles. The zero-order valence-electron chi connectivity index (χ0n) is 9.43. The van der Waals surface area contributed by atoms with Crippen LogP contribution >= 0.6 is 0 Å². The van der Waals surface area contributed by atoms with E-state index in [0.717, 1.165) is 0 Å². The van der Waals surface area contributed by atoms with Gasteiger partial charge in [-0.05, 0) is 6.92 Å². The lowest BCUT2D eigenvalue weighted by Crippen LogP contribution is -2.37. The Morgan fingerprint density at radius 1 is 1.44 bits per heavy atom. The van der Waals surface area contributed by atoms with Crippen molar-refractivity contribution in [1.29, 1.82) is 0 Å². The maximum Gasteiger partial charge on any atom is 0.329 e. The smallest absolute Gasteiger partial charge is 0.329 e. The van der Waals surface area contributed by atoms with Gasteiger partial charge >= 0.3 is 18.0 Å². The molecule has 0 radical (unpaired) electrons. The van der Waals surface area contributed by atoms with Crippen molar-refractivity contribution in [2.75, 3.05) is 18.5 Å². The van der Waals surface area contributed by atoms with E-state index in [4.69, 9.17) is 9.52 Å². The SMILES string of the molecule is Cc1coc(NC(=O)NC(=O)COCC(=O)O)n1. The standard InChI is InChI=1S/C9H11N3O6/c1-5-2-18-9(10-5)12-8(16)11-6(13)3-17-4-7(14)15/h2H,3-4H2,1H3,(H,14,15)(H2,10,11,12,13,16). The molecule has 0 aliphatic heterocycles. The van der Waals surface area contributed by atoms with E-state index < -0.39 is 31.1 Å². The van der Waals surface area contributed by atoms with Gasteiger partial charge in [0.05, 0.1) is 5.69 Å². The van der Waals surface area contributed by atoms with Gasteiger partial charge in [0, 0.05) is 0 Å². The van der Waals surface area contributed by atoms with E-state index in [2.05, 4.69) is 15.0 Å². The highest BCUT2D eigenvalue weighted by Crippen LogP contribution is 2.04. The van der Waals surface area contributed by atoms with Crippen molar-refractivity contribution in [3.05, 3.63) is 12.0 Å². The third-order valence-electron chi connectivity index (χ3n) is 1.55. The van der Waals surface area contributed by atoms with Gasteiger partial charge in [0.15, 0.2) is 0 Å². The van der Waals surface area contributed by atoms with Crippen molar-refractivity contribution in [3.8, 4) is 0 Å². The molecule has 3 N–H and O–H groups in total. The zero-order valence-corrected chi connectivity index (χ0v) is 9.43. The normalized spacial score (nSPS) is 9.83. The number of urea groups is 1. The number of aryl methyl sites for hydroxylation is 1. The zero-order chi connectivity index (χ0) is 13.5. The Bertz CT molecular complexity index is 455. The number of ether oxygens (including phenoxy) is 1. The van der Waals surface area contributed by atoms with Crippen LogP contribution in [0.25, 0.3) is 0 Å². The number of nitrogens with zero attached hydrogens (tertiary/aromatic N) is 1. The van der Waals surface area contributed by atoms with Crippen LogP contribution in [0.1, 0.15) is 5.69 Å². The third-order valence-corrected chi connectivity index (χ3v) is 1.55. The predicted octanol–water partition coefficient (Wildman–Crippen LogP) is -0.268. The molecule has 9 heteroatoms. The van der Waals surface area contributed by atoms with Gasteiger partial charge in [-0.3, -0.25) is 15.4 Å². The first-order valence-electron chi connectivity index (χ1n) is 4.80. The summed E-state index contributed by atoms with van der Waals surface area (Å²) in [4.78, 5) is 36.2. The lowest BCUT2D eigenvalue weighted by molar-refractivity contribution is -0.143. The first-order valence-corrected chi connectivity index (χ1v) is 4.80. The van der Waals surface area contributed by atoms with Gasteiger partial charge in [0.1, 0.15) is 19.5 Å². The molecule has 0 aliphatic carbocycles. The Kier molecular flexibility index (Phi) is 4.81. The summed E-state index contributed by atoms with van der Waals surface area (Å²) in [7, 11) is 0. The summed E-state index contributed by atoms with van der Waals surface area (Å²) in [6, 6.07) is -0.898. The Balaban J connectivity index is 2.27. The second-order valence-corrected chi connectivity index (χ2v) is 3.18. The van der Waals surface area contributed by atoms with Crippen LogP contribution in [-0.4, -0.2) is 41.2 Å². The molecule has 98 valence electrons. The Morgan fingerprint density at radius 2 is 2.17 bits per heavy atom. The second kappa shape index (κ2) is 6.35. The van der Waals surface area contributed by atoms with E-state index in [9.17, 15) is 14.4 Å². The van der Waals surface area contributed by atoms with Gasteiger partial charge in [0.25, 0.3) is 5.91 Å². The largest absolute Gasteiger partial charge is 0.480 e. The molecule has 0 spiro atoms. The summed E-state index contributed by atoms with van der Waals surface area (Å²) in [6.07, 6.45) is 1.33. The van der Waals surface area contributed by atoms with Crippen LogP contribution in [-0.2, 0) is 14.3 Å². The van der Waals surface area contributed by atoms with E-state index >= 15 is 0 Å². The number of hydrogen-bond donors (Lipinski definition) is 3. The van der Waals surface area contributed by atoms with Crippen LogP contribution in [0.15, 0.2) is 10.7 Å². The number of imide groups is 1. The molecule has 0 bridgehead atoms. The first kappa shape index (κ1) is 13.6. The second-order valence-electron chi connectivity index (χ2n) is 3.18. The fourth-order valence-corrected chi connectivity index (χ4v) is 0.934. The van der Waals surface area contributed by atoms with Crippen molar-refractivity contribution in [2.24, 2.45) is 0 Å². The van der Waals surface area contributed by atoms with Crippen LogP contribution in [0, 0.1) is 6.92 Å². The van der Waals surface area contributed by atoms with Gasteiger partial charge in [-0.2, -0.15) is 4.98 Å². The Labute approximate surface area is 101 Å². The summed E-state index contributed by atoms with van der Waals surface area (Å²) in [5, 5.41) is 12.3. The van der Waals surface area contributed by atoms with Gasteiger partial charge in [-0.15, -0.1) is 0 Å². The molecule has 0 saturated heterocycles. The number of aromatic nitrogens is 1. The number of oxazole rings is 1. The number of carboxylic acids is 1. The average Bonchev–Trinajstić information content (AvgIpc) is 2.62. The van der Waals surface area contributed by atoms with Crippen LogP contribution in [0.4, 0.5) is 10.8 Å². The number of amides is 3. The quantitative estimate of drug-likeness (QED) is 0.661. The lowest BCUT2D eigenvalue weighted by Gasteiger charge is -2.03. The van der Waals surface area contributed by atoms with Crippen LogP contribution in [0.3, 0.4) is 0 Å². The molecule has 0 saturated carbocycles. The molecule has 0 aromatic carbocycles. The highest BCUT2D eigenvalue weighted by molar-refractivity contribution is 6.00.